The van der Waals surface area contributed by atoms with Crippen LogP contribution in [0.5, 0.6) is 0 Å². The average Bonchev–Trinajstić information content (AvgIpc) is 2.49. The number of halogens is 1. The van der Waals surface area contributed by atoms with Crippen LogP contribution in [0.4, 0.5) is 0 Å². The van der Waals surface area contributed by atoms with Crippen LogP contribution in [0, 0.1) is 0 Å². The van der Waals surface area contributed by atoms with Crippen LogP contribution < -0.4 is 0 Å². The van der Waals surface area contributed by atoms with Crippen molar-refractivity contribution in [2.45, 2.75) is 45.1 Å². The van der Waals surface area contributed by atoms with Crippen molar-refractivity contribution in [2.24, 2.45) is 0 Å². The summed E-state index contributed by atoms with van der Waals surface area (Å²) in [6, 6.07) is 16.0. The summed E-state index contributed by atoms with van der Waals surface area (Å²) in [6.45, 7) is 6.68. The zero-order valence-corrected chi connectivity index (χ0v) is 13.7. The molecule has 2 aromatic rings. The lowest BCUT2D eigenvalue weighted by Crippen LogP contribution is -2.15. The number of benzene rings is 2. The van der Waals surface area contributed by atoms with Crippen molar-refractivity contribution in [2.75, 3.05) is 0 Å². The SMILES string of the molecule is CCC(C)(C)c1ccc(C(O)Cc2ccc(Cl)cc2)cc1. The third kappa shape index (κ3) is 4.09. The lowest BCUT2D eigenvalue weighted by molar-refractivity contribution is 0.178. The van der Waals surface area contributed by atoms with E-state index in [1.807, 2.05) is 36.4 Å². The van der Waals surface area contributed by atoms with Crippen molar-refractivity contribution in [1.29, 1.82) is 0 Å². The molecule has 0 aromatic heterocycles. The molecule has 0 aliphatic heterocycles. The number of aliphatic hydroxyl groups is 1. The first-order valence-electron chi connectivity index (χ1n) is 7.45. The monoisotopic (exact) mass is 302 g/mol. The van der Waals surface area contributed by atoms with Gasteiger partial charge in [-0.25, -0.2) is 0 Å². The predicted octanol–water partition coefficient (Wildman–Crippen LogP) is 5.30. The van der Waals surface area contributed by atoms with E-state index in [1.165, 1.54) is 5.56 Å². The molecule has 0 spiro atoms. The van der Waals surface area contributed by atoms with Crippen LogP contribution in [0.3, 0.4) is 0 Å². The summed E-state index contributed by atoms with van der Waals surface area (Å²) < 4.78 is 0. The molecule has 0 amide bonds. The van der Waals surface area contributed by atoms with Gasteiger partial charge in [-0.15, -0.1) is 0 Å². The second-order valence-corrected chi connectivity index (χ2v) is 6.64. The molecule has 0 heterocycles. The van der Waals surface area contributed by atoms with Crippen molar-refractivity contribution in [3.8, 4) is 0 Å². The largest absolute Gasteiger partial charge is 0.388 e. The Morgan fingerprint density at radius 1 is 1.00 bits per heavy atom. The van der Waals surface area contributed by atoms with E-state index < -0.39 is 6.10 Å². The molecule has 2 heteroatoms. The van der Waals surface area contributed by atoms with E-state index in [9.17, 15) is 5.11 Å². The first kappa shape index (κ1) is 16.1. The van der Waals surface area contributed by atoms with Gasteiger partial charge < -0.3 is 5.11 Å². The highest BCUT2D eigenvalue weighted by Crippen LogP contribution is 2.28. The van der Waals surface area contributed by atoms with Gasteiger partial charge >= 0.3 is 0 Å². The Morgan fingerprint density at radius 2 is 1.57 bits per heavy atom. The molecule has 0 saturated heterocycles. The standard InChI is InChI=1S/C19H23ClO/c1-4-19(2,3)16-9-7-15(8-10-16)18(21)13-14-5-11-17(20)12-6-14/h5-12,18,21H,4,13H2,1-3H3. The van der Waals surface area contributed by atoms with E-state index in [4.69, 9.17) is 11.6 Å². The van der Waals surface area contributed by atoms with Crippen LogP contribution >= 0.6 is 11.6 Å². The number of rotatable bonds is 5. The van der Waals surface area contributed by atoms with Crippen molar-refractivity contribution < 1.29 is 5.11 Å². The summed E-state index contributed by atoms with van der Waals surface area (Å²) in [6.07, 6.45) is 1.22. The Kier molecular flexibility index (Phi) is 5.08. The third-order valence-corrected chi connectivity index (χ3v) is 4.56. The van der Waals surface area contributed by atoms with Crippen LogP contribution in [-0.2, 0) is 11.8 Å². The molecule has 2 rings (SSSR count). The molecule has 1 N–H and O–H groups in total. The topological polar surface area (TPSA) is 20.2 Å². The summed E-state index contributed by atoms with van der Waals surface area (Å²) in [5.41, 5.74) is 3.54. The quantitative estimate of drug-likeness (QED) is 0.794. The number of hydrogen-bond donors (Lipinski definition) is 1. The van der Waals surface area contributed by atoms with Crippen LogP contribution in [0.2, 0.25) is 5.02 Å². The summed E-state index contributed by atoms with van der Waals surface area (Å²) in [5, 5.41) is 11.1. The minimum atomic E-state index is -0.482. The maximum atomic E-state index is 10.4. The summed E-state index contributed by atoms with van der Waals surface area (Å²) in [4.78, 5) is 0. The van der Waals surface area contributed by atoms with E-state index in [1.54, 1.807) is 0 Å². The Labute approximate surface area is 132 Å². The molecule has 0 fully saturated rings. The smallest absolute Gasteiger partial charge is 0.0830 e. The van der Waals surface area contributed by atoms with E-state index in [0.29, 0.717) is 6.42 Å². The van der Waals surface area contributed by atoms with Gasteiger partial charge in [-0.1, -0.05) is 68.8 Å². The normalized spacial score (nSPS) is 13.2. The molecule has 21 heavy (non-hydrogen) atoms. The van der Waals surface area contributed by atoms with Crippen molar-refractivity contribution in [3.05, 3.63) is 70.2 Å². The Balaban J connectivity index is 2.09. The summed E-state index contributed by atoms with van der Waals surface area (Å²) >= 11 is 5.88. The third-order valence-electron chi connectivity index (χ3n) is 4.30. The molecule has 2 aromatic carbocycles. The van der Waals surface area contributed by atoms with Crippen LogP contribution in [0.15, 0.2) is 48.5 Å². The number of hydrogen-bond acceptors (Lipinski definition) is 1. The highest BCUT2D eigenvalue weighted by atomic mass is 35.5. The Bertz CT molecular complexity index is 570. The molecular weight excluding hydrogens is 280 g/mol. The van der Waals surface area contributed by atoms with Gasteiger partial charge in [0, 0.05) is 11.4 Å². The second kappa shape index (κ2) is 6.64. The minimum absolute atomic E-state index is 0.180. The molecule has 1 nitrogen and oxygen atoms in total. The fraction of sp³-hybridized carbons (Fsp3) is 0.368. The lowest BCUT2D eigenvalue weighted by Gasteiger charge is -2.24. The number of aliphatic hydroxyl groups excluding tert-OH is 1. The van der Waals surface area contributed by atoms with Crippen LogP contribution in [0.1, 0.15) is 50.0 Å². The maximum Gasteiger partial charge on any atom is 0.0830 e. The van der Waals surface area contributed by atoms with Gasteiger partial charge in [0.15, 0.2) is 0 Å². The summed E-state index contributed by atoms with van der Waals surface area (Å²) in [7, 11) is 0. The zero-order valence-electron chi connectivity index (χ0n) is 12.9. The first-order valence-corrected chi connectivity index (χ1v) is 7.83. The van der Waals surface area contributed by atoms with Gasteiger partial charge in [0.1, 0.15) is 0 Å². The van der Waals surface area contributed by atoms with Crippen molar-refractivity contribution in [1.82, 2.24) is 0 Å². The fourth-order valence-electron chi connectivity index (χ4n) is 2.32. The molecule has 0 aliphatic rings. The van der Waals surface area contributed by atoms with Gasteiger partial charge in [0.05, 0.1) is 6.10 Å². The molecule has 0 bridgehead atoms. The van der Waals surface area contributed by atoms with Gasteiger partial charge in [0.25, 0.3) is 0 Å². The van der Waals surface area contributed by atoms with E-state index in [2.05, 4.69) is 32.9 Å². The highest BCUT2D eigenvalue weighted by Gasteiger charge is 2.18. The van der Waals surface area contributed by atoms with E-state index >= 15 is 0 Å². The first-order chi connectivity index (χ1) is 9.92. The molecule has 0 aliphatic carbocycles. The fourth-order valence-corrected chi connectivity index (χ4v) is 2.45. The summed E-state index contributed by atoms with van der Waals surface area (Å²) in [5.74, 6) is 0. The molecule has 1 atom stereocenters. The van der Waals surface area contributed by atoms with E-state index in [0.717, 1.165) is 22.6 Å². The average molecular weight is 303 g/mol. The van der Waals surface area contributed by atoms with Gasteiger partial charge in [-0.05, 0) is 40.7 Å². The Hall–Kier alpha value is -1.31. The molecule has 0 saturated carbocycles. The zero-order chi connectivity index (χ0) is 15.5. The van der Waals surface area contributed by atoms with Crippen molar-refractivity contribution in [3.63, 3.8) is 0 Å². The molecule has 112 valence electrons. The maximum absolute atomic E-state index is 10.4. The van der Waals surface area contributed by atoms with Gasteiger partial charge in [-0.3, -0.25) is 0 Å². The molecule has 1 unspecified atom stereocenters. The molecule has 0 radical (unpaired) electrons. The van der Waals surface area contributed by atoms with Crippen molar-refractivity contribution >= 4 is 11.6 Å². The van der Waals surface area contributed by atoms with Gasteiger partial charge in [-0.2, -0.15) is 0 Å². The van der Waals surface area contributed by atoms with E-state index in [-0.39, 0.29) is 5.41 Å². The predicted molar refractivity (Wildman–Crippen MR) is 89.9 cm³/mol. The van der Waals surface area contributed by atoms with Crippen LogP contribution in [0.25, 0.3) is 0 Å². The minimum Gasteiger partial charge on any atom is -0.388 e. The van der Waals surface area contributed by atoms with Gasteiger partial charge in [0.2, 0.25) is 0 Å². The molecular formula is C19H23ClO. The van der Waals surface area contributed by atoms with Crippen LogP contribution in [-0.4, -0.2) is 5.11 Å². The highest BCUT2D eigenvalue weighted by molar-refractivity contribution is 6.30. The Morgan fingerprint density at radius 3 is 2.10 bits per heavy atom. The lowest BCUT2D eigenvalue weighted by atomic mass is 9.82. The second-order valence-electron chi connectivity index (χ2n) is 6.21.